The highest BCUT2D eigenvalue weighted by Crippen LogP contribution is 2.27. The Balaban J connectivity index is 2.04. The third kappa shape index (κ3) is 2.95. The van der Waals surface area contributed by atoms with E-state index >= 15 is 0 Å². The van der Waals surface area contributed by atoms with Crippen molar-refractivity contribution in [2.75, 3.05) is 12.4 Å². The van der Waals surface area contributed by atoms with Gasteiger partial charge < -0.3 is 10.1 Å². The maximum absolute atomic E-state index is 8.74. The number of thiophene rings is 1. The average molecular weight is 279 g/mol. The summed E-state index contributed by atoms with van der Waals surface area (Å²) in [5.41, 5.74) is 0.933. The molecule has 0 atom stereocenters. The second kappa shape index (κ2) is 5.76. The molecule has 0 aliphatic heterocycles. The molecule has 2 rings (SSSR count). The Labute approximate surface area is 115 Å². The smallest absolute Gasteiger partial charge is 0.139 e. The van der Waals surface area contributed by atoms with Gasteiger partial charge in [0, 0.05) is 23.2 Å². The van der Waals surface area contributed by atoms with E-state index in [0.29, 0.717) is 17.3 Å². The van der Waals surface area contributed by atoms with Gasteiger partial charge in [0.15, 0.2) is 0 Å². The third-order valence-electron chi connectivity index (χ3n) is 2.39. The maximum Gasteiger partial charge on any atom is 0.139 e. The standard InChI is InChI=1S/C13H11ClN2OS/c1-17-13-6-9(2-5-12(13)14)16-8-11-4-3-10(7-15)18-11/h2-6,16H,8H2,1H3. The summed E-state index contributed by atoms with van der Waals surface area (Å²) < 4.78 is 5.15. The minimum absolute atomic E-state index is 0.589. The van der Waals surface area contributed by atoms with Gasteiger partial charge in [-0.2, -0.15) is 5.26 Å². The molecular formula is C13H11ClN2OS. The zero-order valence-electron chi connectivity index (χ0n) is 9.74. The Morgan fingerprint density at radius 2 is 2.22 bits per heavy atom. The number of nitrogens with zero attached hydrogens (tertiary/aromatic N) is 1. The molecule has 1 heterocycles. The SMILES string of the molecule is COc1cc(NCc2ccc(C#N)s2)ccc1Cl. The van der Waals surface area contributed by atoms with Gasteiger partial charge in [0.25, 0.3) is 0 Å². The van der Waals surface area contributed by atoms with E-state index in [2.05, 4.69) is 11.4 Å². The molecule has 0 bridgehead atoms. The summed E-state index contributed by atoms with van der Waals surface area (Å²) in [6.45, 7) is 0.678. The Bertz CT molecular complexity index is 589. The third-order valence-corrected chi connectivity index (χ3v) is 3.69. The van der Waals surface area contributed by atoms with Gasteiger partial charge in [-0.15, -0.1) is 11.3 Å². The Morgan fingerprint density at radius 1 is 1.39 bits per heavy atom. The number of hydrogen-bond acceptors (Lipinski definition) is 4. The van der Waals surface area contributed by atoms with Crippen LogP contribution in [0.4, 0.5) is 5.69 Å². The Kier molecular flexibility index (Phi) is 4.08. The first kappa shape index (κ1) is 12.7. The second-order valence-electron chi connectivity index (χ2n) is 3.58. The number of nitrogens with one attached hydrogen (secondary N) is 1. The van der Waals surface area contributed by atoms with Gasteiger partial charge in [-0.3, -0.25) is 0 Å². The Morgan fingerprint density at radius 3 is 2.89 bits per heavy atom. The number of hydrogen-bond donors (Lipinski definition) is 1. The van der Waals surface area contributed by atoms with E-state index in [1.807, 2.05) is 24.3 Å². The van der Waals surface area contributed by atoms with Gasteiger partial charge in [-0.05, 0) is 24.3 Å². The lowest BCUT2D eigenvalue weighted by atomic mass is 10.3. The fourth-order valence-corrected chi connectivity index (χ4v) is 2.43. The van der Waals surface area contributed by atoms with Crippen LogP contribution in [0.15, 0.2) is 30.3 Å². The van der Waals surface area contributed by atoms with Gasteiger partial charge >= 0.3 is 0 Å². The summed E-state index contributed by atoms with van der Waals surface area (Å²) >= 11 is 7.43. The van der Waals surface area contributed by atoms with Gasteiger partial charge in [0.1, 0.15) is 16.7 Å². The maximum atomic E-state index is 8.74. The van der Waals surface area contributed by atoms with Crippen LogP contribution in [-0.2, 0) is 6.54 Å². The van der Waals surface area contributed by atoms with Crippen LogP contribution in [0.25, 0.3) is 0 Å². The van der Waals surface area contributed by atoms with Crippen LogP contribution in [0.3, 0.4) is 0 Å². The summed E-state index contributed by atoms with van der Waals surface area (Å²) in [5, 5.41) is 12.6. The zero-order chi connectivity index (χ0) is 13.0. The molecule has 2 aromatic rings. The van der Waals surface area contributed by atoms with Gasteiger partial charge in [-0.25, -0.2) is 0 Å². The first-order chi connectivity index (χ1) is 8.72. The molecule has 0 saturated carbocycles. The highest BCUT2D eigenvalue weighted by Gasteiger charge is 2.03. The molecule has 0 fully saturated rings. The van der Waals surface area contributed by atoms with Crippen LogP contribution in [0.1, 0.15) is 9.75 Å². The summed E-state index contributed by atoms with van der Waals surface area (Å²) in [6, 6.07) is 11.4. The lowest BCUT2D eigenvalue weighted by Gasteiger charge is -2.08. The largest absolute Gasteiger partial charge is 0.495 e. The van der Waals surface area contributed by atoms with Crippen molar-refractivity contribution in [3.05, 3.63) is 45.1 Å². The van der Waals surface area contributed by atoms with Crippen LogP contribution < -0.4 is 10.1 Å². The summed E-state index contributed by atoms with van der Waals surface area (Å²) in [7, 11) is 1.59. The van der Waals surface area contributed by atoms with Gasteiger partial charge in [0.05, 0.1) is 12.1 Å². The van der Waals surface area contributed by atoms with Gasteiger partial charge in [-0.1, -0.05) is 11.6 Å². The van der Waals surface area contributed by atoms with E-state index < -0.39 is 0 Å². The lowest BCUT2D eigenvalue weighted by molar-refractivity contribution is 0.415. The molecule has 0 aliphatic carbocycles. The molecule has 0 amide bonds. The van der Waals surface area contributed by atoms with E-state index in [9.17, 15) is 0 Å². The van der Waals surface area contributed by atoms with E-state index in [1.165, 1.54) is 11.3 Å². The van der Waals surface area contributed by atoms with Crippen LogP contribution in [0.2, 0.25) is 5.02 Å². The highest BCUT2D eigenvalue weighted by atomic mass is 35.5. The predicted octanol–water partition coefficient (Wildman–Crippen LogP) is 3.89. The van der Waals surface area contributed by atoms with E-state index in [4.69, 9.17) is 21.6 Å². The second-order valence-corrected chi connectivity index (χ2v) is 5.16. The Hall–Kier alpha value is -1.70. The summed E-state index contributed by atoms with van der Waals surface area (Å²) in [5.74, 6) is 0.644. The minimum Gasteiger partial charge on any atom is -0.495 e. The minimum atomic E-state index is 0.589. The summed E-state index contributed by atoms with van der Waals surface area (Å²) in [4.78, 5) is 1.83. The quantitative estimate of drug-likeness (QED) is 0.923. The highest BCUT2D eigenvalue weighted by molar-refractivity contribution is 7.12. The number of benzene rings is 1. The van der Waals surface area contributed by atoms with Crippen LogP contribution in [0.5, 0.6) is 5.75 Å². The van der Waals surface area contributed by atoms with E-state index in [-0.39, 0.29) is 0 Å². The molecular weight excluding hydrogens is 268 g/mol. The van der Waals surface area contributed by atoms with Gasteiger partial charge in [0.2, 0.25) is 0 Å². The van der Waals surface area contributed by atoms with Crippen molar-refractivity contribution in [3.8, 4) is 11.8 Å². The van der Waals surface area contributed by atoms with Crippen LogP contribution >= 0.6 is 22.9 Å². The monoisotopic (exact) mass is 278 g/mol. The van der Waals surface area contributed by atoms with Crippen LogP contribution in [-0.4, -0.2) is 7.11 Å². The molecule has 1 aromatic carbocycles. The lowest BCUT2D eigenvalue weighted by Crippen LogP contribution is -1.97. The van der Waals surface area contributed by atoms with Crippen molar-refractivity contribution in [1.29, 1.82) is 5.26 Å². The molecule has 0 aliphatic rings. The van der Waals surface area contributed by atoms with E-state index in [1.54, 1.807) is 13.2 Å². The average Bonchev–Trinajstić information content (AvgIpc) is 2.86. The summed E-state index contributed by atoms with van der Waals surface area (Å²) in [6.07, 6.45) is 0. The predicted molar refractivity (Wildman–Crippen MR) is 74.4 cm³/mol. The normalized spacial score (nSPS) is 9.83. The van der Waals surface area contributed by atoms with Crippen molar-refractivity contribution < 1.29 is 4.74 Å². The number of nitriles is 1. The van der Waals surface area contributed by atoms with Crippen molar-refractivity contribution >= 4 is 28.6 Å². The van der Waals surface area contributed by atoms with Crippen molar-refractivity contribution in [2.45, 2.75) is 6.54 Å². The molecule has 18 heavy (non-hydrogen) atoms. The number of methoxy groups -OCH3 is 1. The fraction of sp³-hybridized carbons (Fsp3) is 0.154. The zero-order valence-corrected chi connectivity index (χ0v) is 11.3. The molecule has 92 valence electrons. The fourth-order valence-electron chi connectivity index (χ4n) is 1.49. The number of anilines is 1. The molecule has 3 nitrogen and oxygen atoms in total. The number of ether oxygens (including phenoxy) is 1. The van der Waals surface area contributed by atoms with Crippen molar-refractivity contribution in [1.82, 2.24) is 0 Å². The molecule has 0 unspecified atom stereocenters. The van der Waals surface area contributed by atoms with Crippen molar-refractivity contribution in [2.24, 2.45) is 0 Å². The molecule has 1 N–H and O–H groups in total. The molecule has 1 aromatic heterocycles. The van der Waals surface area contributed by atoms with Crippen molar-refractivity contribution in [3.63, 3.8) is 0 Å². The van der Waals surface area contributed by atoms with Crippen LogP contribution in [0, 0.1) is 11.3 Å². The molecule has 0 radical (unpaired) electrons. The first-order valence-electron chi connectivity index (χ1n) is 5.29. The number of rotatable bonds is 4. The van der Waals surface area contributed by atoms with E-state index in [0.717, 1.165) is 15.4 Å². The number of halogens is 1. The first-order valence-corrected chi connectivity index (χ1v) is 6.48. The topological polar surface area (TPSA) is 45.0 Å². The molecule has 0 saturated heterocycles. The molecule has 5 heteroatoms. The molecule has 0 spiro atoms.